The second kappa shape index (κ2) is 8.74. The Morgan fingerprint density at radius 3 is 2.32 bits per heavy atom. The van der Waals surface area contributed by atoms with Crippen molar-refractivity contribution in [3.63, 3.8) is 0 Å². The largest absolute Gasteiger partial charge is 0.338 e. The van der Waals surface area contributed by atoms with E-state index >= 15 is 0 Å². The third-order valence-electron chi connectivity index (χ3n) is 4.23. The van der Waals surface area contributed by atoms with Crippen LogP contribution in [0.15, 0.2) is 30.3 Å². The Hall–Kier alpha value is -2.24. The van der Waals surface area contributed by atoms with E-state index in [0.29, 0.717) is 19.0 Å². The molecular weight excluding hydrogens is 316 g/mol. The van der Waals surface area contributed by atoms with E-state index in [1.54, 1.807) is 0 Å². The molecule has 6 nitrogen and oxygen atoms in total. The predicted molar refractivity (Wildman–Crippen MR) is 99.3 cm³/mol. The molecule has 1 aliphatic rings. The number of carbonyl (C=O) groups is 2. The summed E-state index contributed by atoms with van der Waals surface area (Å²) >= 11 is 0. The maximum Gasteiger partial charge on any atom is 0.317 e. The van der Waals surface area contributed by atoms with Gasteiger partial charge < -0.3 is 20.9 Å². The molecule has 0 atom stereocenters. The molecule has 1 aromatic rings. The quantitative estimate of drug-likeness (QED) is 0.784. The summed E-state index contributed by atoms with van der Waals surface area (Å²) in [5.74, 6) is 0.418. The minimum atomic E-state index is -0.216. The summed E-state index contributed by atoms with van der Waals surface area (Å²) in [6, 6.07) is 9.70. The lowest BCUT2D eigenvalue weighted by Crippen LogP contribution is -2.51. The van der Waals surface area contributed by atoms with Gasteiger partial charge in [0.25, 0.3) is 0 Å². The van der Waals surface area contributed by atoms with Crippen molar-refractivity contribution in [1.82, 2.24) is 20.9 Å². The number of nitrogens with one attached hydrogen (secondary N) is 3. The van der Waals surface area contributed by atoms with E-state index in [0.717, 1.165) is 31.5 Å². The van der Waals surface area contributed by atoms with Crippen molar-refractivity contribution in [2.45, 2.75) is 45.7 Å². The Morgan fingerprint density at radius 1 is 1.08 bits per heavy atom. The van der Waals surface area contributed by atoms with Crippen molar-refractivity contribution < 1.29 is 9.59 Å². The zero-order valence-electron chi connectivity index (χ0n) is 15.5. The molecule has 6 heteroatoms. The number of piperidine rings is 1. The molecule has 0 aromatic heterocycles. The minimum Gasteiger partial charge on any atom is -0.338 e. The predicted octanol–water partition coefficient (Wildman–Crippen LogP) is 2.71. The highest BCUT2D eigenvalue weighted by Gasteiger charge is 2.25. The van der Waals surface area contributed by atoms with Crippen LogP contribution >= 0.6 is 0 Å². The summed E-state index contributed by atoms with van der Waals surface area (Å²) in [7, 11) is 0. The Kier molecular flexibility index (Phi) is 6.67. The highest BCUT2D eigenvalue weighted by atomic mass is 16.2. The summed E-state index contributed by atoms with van der Waals surface area (Å²) in [6.45, 7) is 8.59. The molecule has 1 aromatic carbocycles. The molecule has 1 fully saturated rings. The van der Waals surface area contributed by atoms with E-state index in [1.807, 2.05) is 56.0 Å². The van der Waals surface area contributed by atoms with Crippen LogP contribution in [0.5, 0.6) is 0 Å². The molecule has 0 unspecified atom stereocenters. The topological polar surface area (TPSA) is 73.5 Å². The fraction of sp³-hybridized carbons (Fsp3) is 0.579. The van der Waals surface area contributed by atoms with E-state index in [9.17, 15) is 9.59 Å². The first kappa shape index (κ1) is 19.1. The third-order valence-corrected chi connectivity index (χ3v) is 4.23. The first-order valence-corrected chi connectivity index (χ1v) is 8.96. The van der Waals surface area contributed by atoms with Crippen LogP contribution in [0.1, 0.15) is 39.2 Å². The number of amides is 4. The number of rotatable bonds is 4. The van der Waals surface area contributed by atoms with Crippen LogP contribution in [0.3, 0.4) is 0 Å². The van der Waals surface area contributed by atoms with Gasteiger partial charge >= 0.3 is 12.1 Å². The molecule has 1 saturated heterocycles. The van der Waals surface area contributed by atoms with Crippen LogP contribution in [0.2, 0.25) is 0 Å². The van der Waals surface area contributed by atoms with Crippen molar-refractivity contribution >= 4 is 12.1 Å². The molecule has 0 saturated carbocycles. The van der Waals surface area contributed by atoms with Crippen LogP contribution in [-0.4, -0.2) is 42.1 Å². The van der Waals surface area contributed by atoms with Gasteiger partial charge in [0.15, 0.2) is 0 Å². The van der Waals surface area contributed by atoms with E-state index in [1.165, 1.54) is 0 Å². The molecule has 0 aliphatic carbocycles. The second-order valence-corrected chi connectivity index (χ2v) is 7.66. The summed E-state index contributed by atoms with van der Waals surface area (Å²) < 4.78 is 0. The van der Waals surface area contributed by atoms with Gasteiger partial charge in [-0.3, -0.25) is 0 Å². The van der Waals surface area contributed by atoms with Gasteiger partial charge in [0.05, 0.1) is 0 Å². The van der Waals surface area contributed by atoms with Crippen molar-refractivity contribution in [2.24, 2.45) is 5.92 Å². The highest BCUT2D eigenvalue weighted by Crippen LogP contribution is 2.17. The van der Waals surface area contributed by atoms with E-state index < -0.39 is 0 Å². The number of hydrogen-bond acceptors (Lipinski definition) is 2. The van der Waals surface area contributed by atoms with Crippen molar-refractivity contribution in [3.8, 4) is 0 Å². The molecule has 4 amide bonds. The zero-order valence-corrected chi connectivity index (χ0v) is 15.5. The Labute approximate surface area is 150 Å². The molecule has 0 spiro atoms. The molecule has 2 rings (SSSR count). The number of benzene rings is 1. The van der Waals surface area contributed by atoms with Crippen molar-refractivity contribution in [1.29, 1.82) is 0 Å². The first-order chi connectivity index (χ1) is 11.8. The van der Waals surface area contributed by atoms with Crippen LogP contribution in [0.25, 0.3) is 0 Å². The van der Waals surface area contributed by atoms with Gasteiger partial charge in [-0.15, -0.1) is 0 Å². The van der Waals surface area contributed by atoms with Gasteiger partial charge in [-0.25, -0.2) is 9.59 Å². The molecule has 25 heavy (non-hydrogen) atoms. The normalized spacial score (nSPS) is 15.6. The lowest BCUT2D eigenvalue weighted by atomic mass is 9.97. The number of likely N-dealkylation sites (tertiary alicyclic amines) is 1. The Balaban J connectivity index is 1.63. The number of urea groups is 2. The summed E-state index contributed by atoms with van der Waals surface area (Å²) in [6.07, 6.45) is 1.83. The Morgan fingerprint density at radius 2 is 1.72 bits per heavy atom. The third kappa shape index (κ3) is 7.03. The SMILES string of the molecule is CC(C)(C)NC(=O)N1CCC(CNC(=O)NCc2ccccc2)CC1. The maximum absolute atomic E-state index is 12.1. The van der Waals surface area contributed by atoms with Gasteiger partial charge in [0, 0.05) is 31.7 Å². The van der Waals surface area contributed by atoms with Gasteiger partial charge in [-0.05, 0) is 45.1 Å². The second-order valence-electron chi connectivity index (χ2n) is 7.66. The van der Waals surface area contributed by atoms with E-state index in [4.69, 9.17) is 0 Å². The summed E-state index contributed by atoms with van der Waals surface area (Å²) in [4.78, 5) is 25.9. The fourth-order valence-corrected chi connectivity index (χ4v) is 2.82. The molecule has 0 bridgehead atoms. The van der Waals surface area contributed by atoms with E-state index in [2.05, 4.69) is 16.0 Å². The highest BCUT2D eigenvalue weighted by molar-refractivity contribution is 5.75. The smallest absolute Gasteiger partial charge is 0.317 e. The average Bonchev–Trinajstić information content (AvgIpc) is 2.58. The minimum absolute atomic E-state index is 0.000451. The molecular formula is C19H30N4O2. The van der Waals surface area contributed by atoms with Gasteiger partial charge in [0.2, 0.25) is 0 Å². The van der Waals surface area contributed by atoms with Crippen molar-refractivity contribution in [3.05, 3.63) is 35.9 Å². The lowest BCUT2D eigenvalue weighted by molar-refractivity contribution is 0.162. The van der Waals surface area contributed by atoms with Crippen LogP contribution < -0.4 is 16.0 Å². The monoisotopic (exact) mass is 346 g/mol. The molecule has 1 heterocycles. The van der Waals surface area contributed by atoms with Crippen molar-refractivity contribution in [2.75, 3.05) is 19.6 Å². The van der Waals surface area contributed by atoms with Gasteiger partial charge in [0.1, 0.15) is 0 Å². The lowest BCUT2D eigenvalue weighted by Gasteiger charge is -2.34. The van der Waals surface area contributed by atoms with Gasteiger partial charge in [-0.2, -0.15) is 0 Å². The van der Waals surface area contributed by atoms with E-state index in [-0.39, 0.29) is 17.6 Å². The average molecular weight is 346 g/mol. The Bertz CT molecular complexity index is 561. The number of nitrogens with zero attached hydrogens (tertiary/aromatic N) is 1. The zero-order chi connectivity index (χ0) is 18.3. The first-order valence-electron chi connectivity index (χ1n) is 8.96. The maximum atomic E-state index is 12.1. The van der Waals surface area contributed by atoms with Crippen LogP contribution in [0, 0.1) is 5.92 Å². The number of hydrogen-bond donors (Lipinski definition) is 3. The summed E-state index contributed by atoms with van der Waals surface area (Å²) in [5, 5.41) is 8.80. The molecule has 3 N–H and O–H groups in total. The number of carbonyl (C=O) groups excluding carboxylic acids is 2. The van der Waals surface area contributed by atoms with Crippen LogP contribution in [0.4, 0.5) is 9.59 Å². The fourth-order valence-electron chi connectivity index (χ4n) is 2.82. The molecule has 138 valence electrons. The van der Waals surface area contributed by atoms with Gasteiger partial charge in [-0.1, -0.05) is 30.3 Å². The summed E-state index contributed by atoms with van der Waals surface area (Å²) in [5.41, 5.74) is 0.864. The standard InChI is InChI=1S/C19H30N4O2/c1-19(2,3)22-18(25)23-11-9-16(10-12-23)14-21-17(24)20-13-15-7-5-4-6-8-15/h4-8,16H,9-14H2,1-3H3,(H,22,25)(H2,20,21,24). The molecule has 0 radical (unpaired) electrons. The molecule has 1 aliphatic heterocycles. The van der Waals surface area contributed by atoms with Crippen LogP contribution in [-0.2, 0) is 6.54 Å².